The monoisotopic (exact) mass is 358 g/mol. The van der Waals surface area contributed by atoms with E-state index >= 15 is 0 Å². The summed E-state index contributed by atoms with van der Waals surface area (Å²) < 4.78 is 20.5. The summed E-state index contributed by atoms with van der Waals surface area (Å²) in [6, 6.07) is 15.3. The molecule has 0 aromatic heterocycles. The highest BCUT2D eigenvalue weighted by Gasteiger charge is 2.22. The van der Waals surface area contributed by atoms with Crippen LogP contribution in [-0.2, 0) is 4.74 Å². The van der Waals surface area contributed by atoms with E-state index in [1.807, 2.05) is 30.3 Å². The van der Waals surface area contributed by atoms with Gasteiger partial charge >= 0.3 is 0 Å². The zero-order valence-electron chi connectivity index (χ0n) is 12.2. The maximum absolute atomic E-state index is 14.2. The summed E-state index contributed by atoms with van der Waals surface area (Å²) >= 11 is 3.44. The molecule has 1 nitrogen and oxygen atoms in total. The Morgan fingerprint density at radius 1 is 1.09 bits per heavy atom. The van der Waals surface area contributed by atoms with E-state index in [2.05, 4.69) is 34.1 Å². The maximum Gasteiger partial charge on any atom is 0.132 e. The fraction of sp³-hybridized carbons (Fsp3) is 0.158. The summed E-state index contributed by atoms with van der Waals surface area (Å²) in [5.74, 6) is 0.814. The van der Waals surface area contributed by atoms with Crippen molar-refractivity contribution in [3.05, 3.63) is 87.9 Å². The van der Waals surface area contributed by atoms with Gasteiger partial charge in [0.2, 0.25) is 0 Å². The Labute approximate surface area is 138 Å². The van der Waals surface area contributed by atoms with Crippen molar-refractivity contribution in [2.24, 2.45) is 0 Å². The first-order valence-electron chi connectivity index (χ1n) is 7.15. The Morgan fingerprint density at radius 3 is 2.55 bits per heavy atom. The molecule has 0 heterocycles. The molecular formula is C19H16BrFO. The van der Waals surface area contributed by atoms with Gasteiger partial charge in [-0.2, -0.15) is 0 Å². The van der Waals surface area contributed by atoms with Crippen LogP contribution in [0.2, 0.25) is 0 Å². The van der Waals surface area contributed by atoms with Crippen LogP contribution in [0.5, 0.6) is 0 Å². The number of ether oxygens (including phenoxy) is 1. The van der Waals surface area contributed by atoms with E-state index in [9.17, 15) is 4.39 Å². The summed E-state index contributed by atoms with van der Waals surface area (Å²) in [6.45, 7) is 0. The molecule has 3 heteroatoms. The van der Waals surface area contributed by atoms with Gasteiger partial charge in [-0.25, -0.2) is 4.39 Å². The summed E-state index contributed by atoms with van der Waals surface area (Å²) in [7, 11) is 1.64. The highest BCUT2D eigenvalue weighted by Crippen LogP contribution is 2.38. The van der Waals surface area contributed by atoms with Crippen molar-refractivity contribution in [1.82, 2.24) is 0 Å². The van der Waals surface area contributed by atoms with Gasteiger partial charge in [0.05, 0.1) is 7.11 Å². The van der Waals surface area contributed by atoms with Crippen molar-refractivity contribution in [3.8, 4) is 0 Å². The van der Waals surface area contributed by atoms with Crippen LogP contribution in [0.15, 0.2) is 70.9 Å². The molecule has 3 rings (SSSR count). The molecule has 0 saturated heterocycles. The molecule has 0 bridgehead atoms. The number of hydrogen-bond donors (Lipinski definition) is 0. The average Bonchev–Trinajstić information content (AvgIpc) is 2.55. The van der Waals surface area contributed by atoms with E-state index < -0.39 is 0 Å². The molecule has 0 radical (unpaired) electrons. The second-order valence-electron chi connectivity index (χ2n) is 5.22. The molecule has 0 saturated carbocycles. The molecule has 0 spiro atoms. The Balaban J connectivity index is 2.00. The van der Waals surface area contributed by atoms with Crippen LogP contribution in [-0.4, -0.2) is 7.11 Å². The van der Waals surface area contributed by atoms with Crippen LogP contribution < -0.4 is 0 Å². The van der Waals surface area contributed by atoms with Crippen molar-refractivity contribution < 1.29 is 9.13 Å². The zero-order valence-corrected chi connectivity index (χ0v) is 13.8. The van der Waals surface area contributed by atoms with Gasteiger partial charge in [0.1, 0.15) is 11.6 Å². The first-order chi connectivity index (χ1) is 10.7. The minimum absolute atomic E-state index is 0.248. The number of methoxy groups -OCH3 is 1. The van der Waals surface area contributed by atoms with Gasteiger partial charge in [-0.05, 0) is 17.7 Å². The van der Waals surface area contributed by atoms with Crippen LogP contribution in [0.25, 0.3) is 5.57 Å². The fourth-order valence-corrected chi connectivity index (χ4v) is 3.34. The highest BCUT2D eigenvalue weighted by molar-refractivity contribution is 9.10. The first kappa shape index (κ1) is 15.0. The van der Waals surface area contributed by atoms with Crippen molar-refractivity contribution in [3.63, 3.8) is 0 Å². The molecule has 22 heavy (non-hydrogen) atoms. The minimum Gasteiger partial charge on any atom is -0.500 e. The van der Waals surface area contributed by atoms with Crippen LogP contribution in [0.4, 0.5) is 4.39 Å². The Bertz CT molecular complexity index is 714. The summed E-state index contributed by atoms with van der Waals surface area (Å²) in [5.41, 5.74) is 2.60. The van der Waals surface area contributed by atoms with Gasteiger partial charge in [0.25, 0.3) is 0 Å². The Morgan fingerprint density at radius 2 is 1.86 bits per heavy atom. The predicted molar refractivity (Wildman–Crippen MR) is 91.0 cm³/mol. The summed E-state index contributed by atoms with van der Waals surface area (Å²) in [5, 5.41) is 0. The first-order valence-corrected chi connectivity index (χ1v) is 7.94. The van der Waals surface area contributed by atoms with Crippen LogP contribution in [0.1, 0.15) is 23.5 Å². The normalized spacial score (nSPS) is 17.7. The lowest BCUT2D eigenvalue weighted by Gasteiger charge is -2.23. The zero-order chi connectivity index (χ0) is 15.5. The molecule has 0 fully saturated rings. The second kappa shape index (κ2) is 6.49. The third-order valence-electron chi connectivity index (χ3n) is 3.91. The molecule has 0 aliphatic heterocycles. The minimum atomic E-state index is -0.248. The molecule has 1 aliphatic rings. The van der Waals surface area contributed by atoms with E-state index in [0.29, 0.717) is 5.56 Å². The molecule has 1 atom stereocenters. The number of allylic oxidation sites excluding steroid dienone is 4. The van der Waals surface area contributed by atoms with E-state index in [4.69, 9.17) is 4.74 Å². The fourth-order valence-electron chi connectivity index (χ4n) is 2.78. The van der Waals surface area contributed by atoms with Gasteiger partial charge in [-0.15, -0.1) is 0 Å². The van der Waals surface area contributed by atoms with Crippen molar-refractivity contribution in [2.45, 2.75) is 12.3 Å². The van der Waals surface area contributed by atoms with E-state index in [-0.39, 0.29) is 11.7 Å². The highest BCUT2D eigenvalue weighted by atomic mass is 79.9. The molecule has 112 valence electrons. The number of hydrogen-bond acceptors (Lipinski definition) is 1. The number of benzene rings is 2. The van der Waals surface area contributed by atoms with Crippen LogP contribution in [0.3, 0.4) is 0 Å². The third kappa shape index (κ3) is 2.86. The van der Waals surface area contributed by atoms with Crippen LogP contribution >= 0.6 is 15.9 Å². The summed E-state index contributed by atoms with van der Waals surface area (Å²) in [4.78, 5) is 0. The molecular weight excluding hydrogens is 343 g/mol. The second-order valence-corrected chi connectivity index (χ2v) is 6.07. The van der Waals surface area contributed by atoms with Crippen LogP contribution in [0, 0.1) is 5.82 Å². The van der Waals surface area contributed by atoms with E-state index in [1.165, 1.54) is 11.6 Å². The van der Waals surface area contributed by atoms with Gasteiger partial charge in [-0.1, -0.05) is 64.5 Å². The smallest absolute Gasteiger partial charge is 0.132 e. The molecule has 0 amide bonds. The maximum atomic E-state index is 14.2. The van der Waals surface area contributed by atoms with Gasteiger partial charge in [-0.3, -0.25) is 0 Å². The van der Waals surface area contributed by atoms with Gasteiger partial charge < -0.3 is 4.74 Å². The standard InChI is InChI=1S/C19H16BrFO/c1-22-18-12-14(13-6-3-2-4-7-13)10-11-15(18)19-16(20)8-5-9-17(19)21/h2-11,14H,12H2,1H3. The number of rotatable bonds is 3. The molecule has 1 aliphatic carbocycles. The van der Waals surface area contributed by atoms with Crippen molar-refractivity contribution in [1.29, 1.82) is 0 Å². The lowest BCUT2D eigenvalue weighted by Crippen LogP contribution is -2.07. The topological polar surface area (TPSA) is 9.23 Å². The average molecular weight is 359 g/mol. The quantitative estimate of drug-likeness (QED) is 0.684. The molecule has 0 N–H and O–H groups in total. The predicted octanol–water partition coefficient (Wildman–Crippen LogP) is 5.69. The molecule has 2 aromatic carbocycles. The summed E-state index contributed by atoms with van der Waals surface area (Å²) in [6.07, 6.45) is 4.81. The van der Waals surface area contributed by atoms with Crippen molar-refractivity contribution in [2.75, 3.05) is 7.11 Å². The third-order valence-corrected chi connectivity index (χ3v) is 4.57. The van der Waals surface area contributed by atoms with Gasteiger partial charge in [0, 0.05) is 27.9 Å². The Kier molecular flexibility index (Phi) is 4.44. The SMILES string of the molecule is COC1=C(c2c(F)cccc2Br)C=CC(c2ccccc2)C1. The van der Waals surface area contributed by atoms with Gasteiger partial charge in [0.15, 0.2) is 0 Å². The van der Waals surface area contributed by atoms with Crippen molar-refractivity contribution >= 4 is 21.5 Å². The lowest BCUT2D eigenvalue weighted by atomic mass is 9.87. The molecule has 2 aromatic rings. The number of halogens is 2. The molecule has 1 unspecified atom stereocenters. The van der Waals surface area contributed by atoms with E-state index in [0.717, 1.165) is 22.2 Å². The van der Waals surface area contributed by atoms with E-state index in [1.54, 1.807) is 13.2 Å². The lowest BCUT2D eigenvalue weighted by molar-refractivity contribution is 0.275. The largest absolute Gasteiger partial charge is 0.500 e. The Hall–Kier alpha value is -1.87.